The molecule has 0 saturated carbocycles. The molecule has 36 heavy (non-hydrogen) atoms. The third-order valence-electron chi connectivity index (χ3n) is 6.47. The van der Waals surface area contributed by atoms with Gasteiger partial charge < -0.3 is 15.0 Å². The van der Waals surface area contributed by atoms with Crippen LogP contribution in [0.25, 0.3) is 0 Å². The van der Waals surface area contributed by atoms with Crippen molar-refractivity contribution in [1.82, 2.24) is 15.1 Å². The Morgan fingerprint density at radius 3 is 2.33 bits per heavy atom. The Bertz CT molecular complexity index is 1130. The Morgan fingerprint density at radius 1 is 1.03 bits per heavy atom. The molecule has 0 radical (unpaired) electrons. The third kappa shape index (κ3) is 5.24. The molecule has 1 aromatic carbocycles. The van der Waals surface area contributed by atoms with Crippen LogP contribution in [0.2, 0.25) is 0 Å². The number of hydrogen-bond acceptors (Lipinski definition) is 8. The van der Waals surface area contributed by atoms with Gasteiger partial charge in [-0.1, -0.05) is 0 Å². The first-order chi connectivity index (χ1) is 16.9. The molecule has 4 rings (SSSR count). The van der Waals surface area contributed by atoms with Gasteiger partial charge in [-0.15, -0.1) is 0 Å². The number of benzene rings is 1. The fraction of sp³-hybridized carbons (Fsp3) is 0.520. The van der Waals surface area contributed by atoms with E-state index in [4.69, 9.17) is 4.74 Å². The number of piperidine rings is 2. The van der Waals surface area contributed by atoms with E-state index in [2.05, 4.69) is 10.6 Å². The zero-order valence-electron chi connectivity index (χ0n) is 20.6. The highest BCUT2D eigenvalue weighted by molar-refractivity contribution is 6.23. The molecule has 3 aliphatic rings. The number of amides is 5. The van der Waals surface area contributed by atoms with Gasteiger partial charge in [0.25, 0.3) is 11.8 Å². The molecule has 1 aromatic rings. The van der Waals surface area contributed by atoms with Crippen molar-refractivity contribution in [3.05, 3.63) is 29.3 Å². The normalized spacial score (nSPS) is 20.8. The van der Waals surface area contributed by atoms with Crippen LogP contribution in [-0.2, 0) is 23.9 Å². The average molecular weight is 499 g/mol. The Hall–Kier alpha value is -3.76. The monoisotopic (exact) mass is 498 g/mol. The second kappa shape index (κ2) is 9.71. The van der Waals surface area contributed by atoms with Crippen LogP contribution in [0.15, 0.2) is 18.2 Å². The number of anilines is 1. The predicted octanol–water partition coefficient (Wildman–Crippen LogP) is 1.08. The summed E-state index contributed by atoms with van der Waals surface area (Å²) in [5, 5.41) is 5.16. The van der Waals surface area contributed by atoms with Gasteiger partial charge in [-0.25, -0.2) is 0 Å². The number of nitrogens with one attached hydrogen (secondary N) is 2. The fourth-order valence-corrected chi connectivity index (χ4v) is 4.62. The summed E-state index contributed by atoms with van der Waals surface area (Å²) in [7, 11) is 0. The first-order valence-electron chi connectivity index (χ1n) is 12.0. The van der Waals surface area contributed by atoms with Gasteiger partial charge in [-0.3, -0.25) is 39.0 Å². The summed E-state index contributed by atoms with van der Waals surface area (Å²) in [6.45, 7) is 6.35. The van der Waals surface area contributed by atoms with E-state index in [1.807, 2.05) is 20.8 Å². The van der Waals surface area contributed by atoms with Crippen LogP contribution in [0.3, 0.4) is 0 Å². The number of likely N-dealkylation sites (tertiary alicyclic amines) is 1. The van der Waals surface area contributed by atoms with Crippen molar-refractivity contribution in [2.45, 2.75) is 58.1 Å². The fourth-order valence-electron chi connectivity index (χ4n) is 4.62. The van der Waals surface area contributed by atoms with Crippen LogP contribution in [0.1, 0.15) is 67.2 Å². The highest BCUT2D eigenvalue weighted by atomic mass is 16.6. The predicted molar refractivity (Wildman–Crippen MR) is 127 cm³/mol. The molecule has 192 valence electrons. The van der Waals surface area contributed by atoms with Crippen molar-refractivity contribution < 1.29 is 33.5 Å². The molecule has 2 saturated heterocycles. The lowest BCUT2D eigenvalue weighted by Crippen LogP contribution is -2.54. The molecular weight excluding hydrogens is 468 g/mol. The number of nitrogens with zero attached hydrogens (tertiary/aromatic N) is 2. The number of carbonyl (C=O) groups excluding carboxylic acids is 6. The lowest BCUT2D eigenvalue weighted by Gasteiger charge is -2.32. The minimum Gasteiger partial charge on any atom is -0.460 e. The topological polar surface area (TPSA) is 142 Å². The lowest BCUT2D eigenvalue weighted by atomic mass is 9.96. The van der Waals surface area contributed by atoms with Crippen LogP contribution >= 0.6 is 0 Å². The largest absolute Gasteiger partial charge is 0.460 e. The van der Waals surface area contributed by atoms with Crippen LogP contribution < -0.4 is 10.6 Å². The maximum Gasteiger partial charge on any atom is 0.309 e. The highest BCUT2D eigenvalue weighted by Crippen LogP contribution is 2.29. The maximum atomic E-state index is 12.9. The average Bonchev–Trinajstić information content (AvgIpc) is 3.06. The van der Waals surface area contributed by atoms with E-state index in [0.29, 0.717) is 31.6 Å². The summed E-state index contributed by atoms with van der Waals surface area (Å²) in [5.41, 5.74) is 0.248. The van der Waals surface area contributed by atoms with E-state index in [9.17, 15) is 28.8 Å². The summed E-state index contributed by atoms with van der Waals surface area (Å²) in [5.74, 6) is -2.90. The zero-order valence-corrected chi connectivity index (χ0v) is 20.6. The molecule has 3 aliphatic heterocycles. The third-order valence-corrected chi connectivity index (χ3v) is 6.47. The summed E-state index contributed by atoms with van der Waals surface area (Å²) in [4.78, 5) is 76.9. The Kier molecular flexibility index (Phi) is 6.83. The molecular formula is C25H30N4O7. The Labute approximate surface area is 208 Å². The number of imide groups is 2. The Morgan fingerprint density at radius 2 is 1.69 bits per heavy atom. The molecule has 2 N–H and O–H groups in total. The van der Waals surface area contributed by atoms with Crippen molar-refractivity contribution in [2.24, 2.45) is 5.92 Å². The minimum atomic E-state index is -1.03. The number of rotatable bonds is 5. The summed E-state index contributed by atoms with van der Waals surface area (Å²) >= 11 is 0. The van der Waals surface area contributed by atoms with Gasteiger partial charge in [-0.05, 0) is 58.2 Å². The van der Waals surface area contributed by atoms with E-state index < -0.39 is 35.3 Å². The molecule has 0 bridgehead atoms. The SMILES string of the molecule is CC(C)(C)OC(=O)C1CCN(C(=O)CNc2ccc3c(c2)C(=O)N(C2CCC(=O)NC2=O)C3=O)CC1. The van der Waals surface area contributed by atoms with Gasteiger partial charge in [0, 0.05) is 25.2 Å². The first kappa shape index (κ1) is 25.3. The van der Waals surface area contributed by atoms with E-state index in [1.165, 1.54) is 12.1 Å². The quantitative estimate of drug-likeness (QED) is 0.454. The van der Waals surface area contributed by atoms with E-state index in [0.717, 1.165) is 4.90 Å². The van der Waals surface area contributed by atoms with Gasteiger partial charge in [-0.2, -0.15) is 0 Å². The van der Waals surface area contributed by atoms with Crippen LogP contribution in [0, 0.1) is 5.92 Å². The summed E-state index contributed by atoms with van der Waals surface area (Å²) in [6, 6.07) is 3.54. The molecule has 0 aromatic heterocycles. The molecule has 1 unspecified atom stereocenters. The molecule has 0 spiro atoms. The standard InChI is InChI=1S/C25H30N4O7/c1-25(2,3)36-24(35)14-8-10-28(11-9-14)20(31)13-26-15-4-5-16-17(12-15)23(34)29(22(16)33)18-6-7-19(30)27-21(18)32/h4-5,12,14,18,26H,6-11,13H2,1-3H3,(H,27,30,32). The number of ether oxygens (including phenoxy) is 1. The summed E-state index contributed by atoms with van der Waals surface area (Å²) in [6.07, 6.45) is 1.20. The van der Waals surface area contributed by atoms with Crippen LogP contribution in [0.4, 0.5) is 5.69 Å². The number of carbonyl (C=O) groups is 6. The number of fused-ring (bicyclic) bond motifs is 1. The molecule has 2 fully saturated rings. The molecule has 3 heterocycles. The van der Waals surface area contributed by atoms with Crippen molar-refractivity contribution in [3.8, 4) is 0 Å². The smallest absolute Gasteiger partial charge is 0.309 e. The number of esters is 1. The maximum absolute atomic E-state index is 12.9. The molecule has 0 aliphatic carbocycles. The second-order valence-electron chi connectivity index (χ2n) is 10.2. The van der Waals surface area contributed by atoms with Gasteiger partial charge in [0.1, 0.15) is 11.6 Å². The highest BCUT2D eigenvalue weighted by Gasteiger charge is 2.44. The number of hydrogen-bond donors (Lipinski definition) is 2. The molecule has 1 atom stereocenters. The van der Waals surface area contributed by atoms with Crippen molar-refractivity contribution >= 4 is 41.2 Å². The molecule has 11 nitrogen and oxygen atoms in total. The van der Waals surface area contributed by atoms with Crippen LogP contribution in [-0.4, -0.2) is 76.6 Å². The Balaban J connectivity index is 1.33. The zero-order chi connectivity index (χ0) is 26.2. The van der Waals surface area contributed by atoms with E-state index in [1.54, 1.807) is 11.0 Å². The van der Waals surface area contributed by atoms with Gasteiger partial charge in [0.15, 0.2) is 0 Å². The van der Waals surface area contributed by atoms with Crippen LogP contribution in [0.5, 0.6) is 0 Å². The van der Waals surface area contributed by atoms with Crippen molar-refractivity contribution in [1.29, 1.82) is 0 Å². The van der Waals surface area contributed by atoms with Crippen molar-refractivity contribution in [3.63, 3.8) is 0 Å². The van der Waals surface area contributed by atoms with Gasteiger partial charge >= 0.3 is 5.97 Å². The second-order valence-corrected chi connectivity index (χ2v) is 10.2. The minimum absolute atomic E-state index is 0.0190. The van der Waals surface area contributed by atoms with Gasteiger partial charge in [0.2, 0.25) is 17.7 Å². The first-order valence-corrected chi connectivity index (χ1v) is 12.0. The molecule has 11 heteroatoms. The molecule has 5 amide bonds. The van der Waals surface area contributed by atoms with E-state index in [-0.39, 0.29) is 48.3 Å². The van der Waals surface area contributed by atoms with Gasteiger partial charge in [0.05, 0.1) is 23.6 Å². The van der Waals surface area contributed by atoms with E-state index >= 15 is 0 Å². The van der Waals surface area contributed by atoms with Crippen molar-refractivity contribution in [2.75, 3.05) is 25.0 Å². The summed E-state index contributed by atoms with van der Waals surface area (Å²) < 4.78 is 5.44. The lowest BCUT2D eigenvalue weighted by molar-refractivity contribution is -0.162.